The van der Waals surface area contributed by atoms with Crippen LogP contribution in [-0.2, 0) is 4.79 Å². The van der Waals surface area contributed by atoms with Crippen LogP contribution < -0.4 is 0 Å². The van der Waals surface area contributed by atoms with E-state index in [-0.39, 0.29) is 17.7 Å². The average Bonchev–Trinajstić information content (AvgIpc) is 3.42. The number of amides is 2. The van der Waals surface area contributed by atoms with Gasteiger partial charge in [0.05, 0.1) is 5.52 Å². The number of fused-ring (bicyclic) bond motifs is 2. The van der Waals surface area contributed by atoms with Crippen molar-refractivity contribution in [2.45, 2.75) is 6.42 Å². The summed E-state index contributed by atoms with van der Waals surface area (Å²) in [7, 11) is 0. The van der Waals surface area contributed by atoms with E-state index in [1.165, 1.54) is 0 Å². The first-order chi connectivity index (χ1) is 15.5. The van der Waals surface area contributed by atoms with Crippen molar-refractivity contribution in [3.8, 4) is 0 Å². The van der Waals surface area contributed by atoms with Crippen molar-refractivity contribution >= 4 is 52.1 Å². The normalized spacial score (nSPS) is 20.8. The standard InChI is InChI=1S/C23H21Cl2N5O2/c24-18-7-14(8-19(25)10-18)1-4-22(31)29-6-5-16-11-30(13-17(16)12-29)23(32)15-2-3-20-21(9-15)27-28-26-20/h1-4,7-10,16-17H,5-6,11-13H2,(H,26,27,28)/t16-,17-/m0/s1. The number of carbonyl (C=O) groups is 2. The third-order valence-corrected chi connectivity index (χ3v) is 6.71. The number of piperidine rings is 1. The summed E-state index contributed by atoms with van der Waals surface area (Å²) in [6.07, 6.45) is 4.18. The highest BCUT2D eigenvalue weighted by molar-refractivity contribution is 6.34. The summed E-state index contributed by atoms with van der Waals surface area (Å²) in [4.78, 5) is 29.5. The first kappa shape index (κ1) is 21.0. The maximum atomic E-state index is 13.0. The van der Waals surface area contributed by atoms with Crippen molar-refractivity contribution < 1.29 is 9.59 Å². The van der Waals surface area contributed by atoms with E-state index in [0.717, 1.165) is 24.0 Å². The van der Waals surface area contributed by atoms with E-state index in [1.54, 1.807) is 42.5 Å². The fourth-order valence-electron chi connectivity index (χ4n) is 4.64. The third kappa shape index (κ3) is 4.23. The van der Waals surface area contributed by atoms with E-state index >= 15 is 0 Å². The SMILES string of the molecule is O=C(C=Cc1cc(Cl)cc(Cl)c1)N1CC[C@H]2CN(C(=O)c3ccc4[nH]nnc4c3)C[C@@H]2C1. The largest absolute Gasteiger partial charge is 0.339 e. The summed E-state index contributed by atoms with van der Waals surface area (Å²) < 4.78 is 0. The molecule has 3 aromatic rings. The molecule has 9 heteroatoms. The van der Waals surface area contributed by atoms with E-state index in [1.807, 2.05) is 15.9 Å². The first-order valence-electron chi connectivity index (χ1n) is 10.5. The van der Waals surface area contributed by atoms with E-state index in [4.69, 9.17) is 23.2 Å². The van der Waals surface area contributed by atoms with Crippen LogP contribution in [0.1, 0.15) is 22.3 Å². The van der Waals surface area contributed by atoms with Gasteiger partial charge in [0.2, 0.25) is 5.91 Å². The molecule has 32 heavy (non-hydrogen) atoms. The Morgan fingerprint density at radius 1 is 1.00 bits per heavy atom. The minimum absolute atomic E-state index is 0.0000858. The average molecular weight is 470 g/mol. The van der Waals surface area contributed by atoms with Crippen LogP contribution in [0, 0.1) is 11.8 Å². The van der Waals surface area contributed by atoms with Crippen LogP contribution in [0.3, 0.4) is 0 Å². The van der Waals surface area contributed by atoms with Gasteiger partial charge in [-0.1, -0.05) is 28.4 Å². The summed E-state index contributed by atoms with van der Waals surface area (Å²) in [5, 5.41) is 11.6. The summed E-state index contributed by atoms with van der Waals surface area (Å²) in [5.74, 6) is 0.650. The molecule has 0 aliphatic carbocycles. The molecule has 5 rings (SSSR count). The lowest BCUT2D eigenvalue weighted by atomic mass is 9.88. The molecule has 3 heterocycles. The molecule has 7 nitrogen and oxygen atoms in total. The number of likely N-dealkylation sites (tertiary alicyclic amines) is 2. The number of H-pyrrole nitrogens is 1. The van der Waals surface area contributed by atoms with Crippen LogP contribution in [0.15, 0.2) is 42.5 Å². The monoisotopic (exact) mass is 469 g/mol. The molecule has 2 fully saturated rings. The molecule has 2 aromatic carbocycles. The number of carbonyl (C=O) groups excluding carboxylic acids is 2. The Kier molecular flexibility index (Phi) is 5.61. The maximum absolute atomic E-state index is 13.0. The van der Waals surface area contributed by atoms with Gasteiger partial charge in [0, 0.05) is 47.9 Å². The van der Waals surface area contributed by atoms with Gasteiger partial charge < -0.3 is 9.80 Å². The van der Waals surface area contributed by atoms with Crippen LogP contribution in [0.5, 0.6) is 0 Å². The van der Waals surface area contributed by atoms with Crippen LogP contribution in [0.4, 0.5) is 0 Å². The van der Waals surface area contributed by atoms with Crippen LogP contribution >= 0.6 is 23.2 Å². The third-order valence-electron chi connectivity index (χ3n) is 6.28. The topological polar surface area (TPSA) is 82.2 Å². The molecule has 2 atom stereocenters. The second kappa shape index (κ2) is 8.56. The van der Waals surface area contributed by atoms with Crippen LogP contribution in [0.2, 0.25) is 10.0 Å². The first-order valence-corrected chi connectivity index (χ1v) is 11.2. The van der Waals surface area contributed by atoms with Crippen molar-refractivity contribution in [1.82, 2.24) is 25.2 Å². The van der Waals surface area contributed by atoms with Crippen molar-refractivity contribution in [2.75, 3.05) is 26.2 Å². The maximum Gasteiger partial charge on any atom is 0.253 e. The molecular weight excluding hydrogens is 449 g/mol. The molecule has 164 valence electrons. The van der Waals surface area contributed by atoms with E-state index in [9.17, 15) is 9.59 Å². The van der Waals surface area contributed by atoms with Gasteiger partial charge in [-0.15, -0.1) is 5.10 Å². The summed E-state index contributed by atoms with van der Waals surface area (Å²) in [6.45, 7) is 2.71. The highest BCUT2D eigenvalue weighted by Gasteiger charge is 2.39. The van der Waals surface area contributed by atoms with Gasteiger partial charge in [-0.25, -0.2) is 0 Å². The minimum Gasteiger partial charge on any atom is -0.339 e. The van der Waals surface area contributed by atoms with Gasteiger partial charge in [-0.05, 0) is 66.3 Å². The Hall–Kier alpha value is -2.90. The number of aromatic amines is 1. The van der Waals surface area contributed by atoms with Gasteiger partial charge in [0.25, 0.3) is 5.91 Å². The van der Waals surface area contributed by atoms with E-state index < -0.39 is 0 Å². The van der Waals surface area contributed by atoms with Crippen LogP contribution in [-0.4, -0.2) is 63.2 Å². The molecule has 2 amide bonds. The lowest BCUT2D eigenvalue weighted by Crippen LogP contribution is -2.42. The molecule has 2 aliphatic rings. The minimum atomic E-state index is -0.0409. The number of hydrogen-bond acceptors (Lipinski definition) is 4. The molecule has 2 saturated heterocycles. The number of hydrogen-bond donors (Lipinski definition) is 1. The number of rotatable bonds is 3. The lowest BCUT2D eigenvalue weighted by molar-refractivity contribution is -0.128. The van der Waals surface area contributed by atoms with Crippen molar-refractivity contribution in [2.24, 2.45) is 11.8 Å². The second-order valence-electron chi connectivity index (χ2n) is 8.38. The number of benzene rings is 2. The number of nitrogens with zero attached hydrogens (tertiary/aromatic N) is 4. The van der Waals surface area contributed by atoms with E-state index in [0.29, 0.717) is 46.7 Å². The summed E-state index contributed by atoms with van der Waals surface area (Å²) in [6, 6.07) is 10.6. The number of aromatic nitrogens is 3. The number of nitrogens with one attached hydrogen (secondary N) is 1. The van der Waals surface area contributed by atoms with E-state index in [2.05, 4.69) is 15.4 Å². The quantitative estimate of drug-likeness (QED) is 0.589. The smallest absolute Gasteiger partial charge is 0.253 e. The number of halogens is 2. The second-order valence-corrected chi connectivity index (χ2v) is 9.26. The van der Waals surface area contributed by atoms with Crippen molar-refractivity contribution in [3.63, 3.8) is 0 Å². The Morgan fingerprint density at radius 3 is 2.56 bits per heavy atom. The Labute approximate surface area is 195 Å². The zero-order valence-corrected chi connectivity index (χ0v) is 18.7. The van der Waals surface area contributed by atoms with Gasteiger partial charge in [0.15, 0.2) is 0 Å². The highest BCUT2D eigenvalue weighted by atomic mass is 35.5. The molecule has 0 radical (unpaired) electrons. The van der Waals surface area contributed by atoms with Crippen LogP contribution in [0.25, 0.3) is 17.1 Å². The Balaban J connectivity index is 1.23. The Bertz CT molecular complexity index is 1200. The summed E-state index contributed by atoms with van der Waals surface area (Å²) >= 11 is 12.1. The predicted octanol–water partition coefficient (Wildman–Crippen LogP) is 3.90. The molecule has 1 N–H and O–H groups in total. The fraction of sp³-hybridized carbons (Fsp3) is 0.304. The molecule has 0 spiro atoms. The van der Waals surface area contributed by atoms with Crippen molar-refractivity contribution in [1.29, 1.82) is 0 Å². The highest BCUT2D eigenvalue weighted by Crippen LogP contribution is 2.32. The lowest BCUT2D eigenvalue weighted by Gasteiger charge is -2.33. The molecule has 1 aromatic heterocycles. The molecular formula is C23H21Cl2N5O2. The predicted molar refractivity (Wildman–Crippen MR) is 123 cm³/mol. The summed E-state index contributed by atoms with van der Waals surface area (Å²) in [5.41, 5.74) is 2.88. The van der Waals surface area contributed by atoms with Crippen molar-refractivity contribution in [3.05, 3.63) is 63.6 Å². The van der Waals surface area contributed by atoms with Gasteiger partial charge in [0.1, 0.15) is 5.52 Å². The van der Waals surface area contributed by atoms with Gasteiger partial charge in [-0.3, -0.25) is 14.7 Å². The van der Waals surface area contributed by atoms with Gasteiger partial charge in [-0.2, -0.15) is 0 Å². The fourth-order valence-corrected chi connectivity index (χ4v) is 5.18. The zero-order chi connectivity index (χ0) is 22.2. The van der Waals surface area contributed by atoms with Gasteiger partial charge >= 0.3 is 0 Å². The molecule has 0 saturated carbocycles. The molecule has 0 unspecified atom stereocenters. The molecule has 0 bridgehead atoms. The zero-order valence-electron chi connectivity index (χ0n) is 17.2. The molecule has 2 aliphatic heterocycles. The Morgan fingerprint density at radius 2 is 1.75 bits per heavy atom.